The zero-order chi connectivity index (χ0) is 16.4. The van der Waals surface area contributed by atoms with Crippen LogP contribution < -0.4 is 9.54 Å². The minimum Gasteiger partial charge on any atom is -0.496 e. The maximum absolute atomic E-state index is 6.17. The van der Waals surface area contributed by atoms with Gasteiger partial charge in [-0.25, -0.2) is 4.99 Å². The van der Waals surface area contributed by atoms with Gasteiger partial charge in [-0.05, 0) is 37.0 Å². The van der Waals surface area contributed by atoms with E-state index in [0.29, 0.717) is 26.0 Å². The van der Waals surface area contributed by atoms with Gasteiger partial charge in [-0.3, -0.25) is 0 Å². The van der Waals surface area contributed by atoms with Crippen LogP contribution >= 0.6 is 46.8 Å². The van der Waals surface area contributed by atoms with Crippen molar-refractivity contribution < 1.29 is 4.74 Å². The summed E-state index contributed by atoms with van der Waals surface area (Å²) in [5.41, 5.74) is 0.717. The van der Waals surface area contributed by atoms with Crippen LogP contribution in [0.4, 0.5) is 0 Å². The van der Waals surface area contributed by atoms with Crippen molar-refractivity contribution in [2.24, 2.45) is 10.9 Å². The Morgan fingerprint density at radius 3 is 2.87 bits per heavy atom. The normalized spacial score (nSPS) is 15.5. The molecule has 1 saturated carbocycles. The molecule has 0 unspecified atom stereocenters. The molecule has 1 fully saturated rings. The minimum absolute atomic E-state index is 0.449. The first-order valence-electron chi connectivity index (χ1n) is 7.35. The number of hydrogen-bond acceptors (Lipinski definition) is 3. The van der Waals surface area contributed by atoms with Crippen molar-refractivity contribution in [3.05, 3.63) is 44.1 Å². The number of hydrogen-bond donors (Lipinski definition) is 0. The fourth-order valence-corrected chi connectivity index (χ4v) is 4.05. The lowest BCUT2D eigenvalue weighted by atomic mass is 9.85. The van der Waals surface area contributed by atoms with E-state index >= 15 is 0 Å². The van der Waals surface area contributed by atoms with Gasteiger partial charge in [0, 0.05) is 17.8 Å². The van der Waals surface area contributed by atoms with Crippen molar-refractivity contribution >= 4 is 51.7 Å². The molecule has 0 radical (unpaired) electrons. The SMILES string of the molecule is COc1ccc(Cl)cc1C(=S)N=c1sc(Cl)cn1CC1CCC1. The van der Waals surface area contributed by atoms with Crippen LogP contribution in [0, 0.1) is 5.92 Å². The molecule has 0 N–H and O–H groups in total. The van der Waals surface area contributed by atoms with E-state index in [1.54, 1.807) is 25.3 Å². The van der Waals surface area contributed by atoms with Crippen molar-refractivity contribution in [3.8, 4) is 5.75 Å². The van der Waals surface area contributed by atoms with Gasteiger partial charge in [-0.1, -0.05) is 53.2 Å². The van der Waals surface area contributed by atoms with Crippen LogP contribution in [0.15, 0.2) is 29.4 Å². The Kier molecular flexibility index (Phi) is 5.42. The molecule has 0 atom stereocenters. The van der Waals surface area contributed by atoms with E-state index in [1.807, 2.05) is 6.20 Å². The third-order valence-corrected chi connectivity index (χ3v) is 5.64. The number of thiocarbonyl (C=S) groups is 1. The number of methoxy groups -OCH3 is 1. The molecule has 23 heavy (non-hydrogen) atoms. The van der Waals surface area contributed by atoms with Gasteiger partial charge in [0.15, 0.2) is 4.80 Å². The average Bonchev–Trinajstić information content (AvgIpc) is 2.82. The summed E-state index contributed by atoms with van der Waals surface area (Å²) in [7, 11) is 1.61. The summed E-state index contributed by atoms with van der Waals surface area (Å²) in [6, 6.07) is 5.34. The molecule has 1 aliphatic carbocycles. The Balaban J connectivity index is 1.94. The number of aromatic nitrogens is 1. The van der Waals surface area contributed by atoms with Crippen LogP contribution in [-0.2, 0) is 6.54 Å². The molecule has 3 nitrogen and oxygen atoms in total. The van der Waals surface area contributed by atoms with Gasteiger partial charge in [0.1, 0.15) is 15.1 Å². The number of benzene rings is 1. The van der Waals surface area contributed by atoms with Gasteiger partial charge in [0.2, 0.25) is 0 Å². The van der Waals surface area contributed by atoms with E-state index in [0.717, 1.165) is 16.9 Å². The van der Waals surface area contributed by atoms with Crippen molar-refractivity contribution in [3.63, 3.8) is 0 Å². The molecule has 7 heteroatoms. The minimum atomic E-state index is 0.449. The van der Waals surface area contributed by atoms with Crippen LogP contribution in [0.5, 0.6) is 5.75 Å². The maximum Gasteiger partial charge on any atom is 0.192 e. The summed E-state index contributed by atoms with van der Waals surface area (Å²) in [6.45, 7) is 0.942. The van der Waals surface area contributed by atoms with Crippen molar-refractivity contribution in [1.29, 1.82) is 0 Å². The highest BCUT2D eigenvalue weighted by molar-refractivity contribution is 7.80. The third-order valence-electron chi connectivity index (χ3n) is 3.96. The highest BCUT2D eigenvalue weighted by atomic mass is 35.5. The highest BCUT2D eigenvalue weighted by Gasteiger charge is 2.19. The summed E-state index contributed by atoms with van der Waals surface area (Å²) in [4.78, 5) is 5.86. The van der Waals surface area contributed by atoms with Gasteiger partial charge < -0.3 is 9.30 Å². The fourth-order valence-electron chi connectivity index (χ4n) is 2.52. The summed E-state index contributed by atoms with van der Waals surface area (Å²) in [5, 5.41) is 0.602. The Morgan fingerprint density at radius 1 is 1.43 bits per heavy atom. The predicted molar refractivity (Wildman–Crippen MR) is 99.9 cm³/mol. The van der Waals surface area contributed by atoms with E-state index in [4.69, 9.17) is 40.2 Å². The molecule has 0 spiro atoms. The molecule has 1 heterocycles. The van der Waals surface area contributed by atoms with E-state index in [2.05, 4.69) is 9.56 Å². The van der Waals surface area contributed by atoms with Gasteiger partial charge in [-0.2, -0.15) is 0 Å². The quantitative estimate of drug-likeness (QED) is 0.695. The lowest BCUT2D eigenvalue weighted by molar-refractivity contribution is 0.274. The van der Waals surface area contributed by atoms with Crippen LogP contribution in [0.25, 0.3) is 0 Å². The zero-order valence-corrected chi connectivity index (χ0v) is 15.7. The smallest absolute Gasteiger partial charge is 0.192 e. The van der Waals surface area contributed by atoms with E-state index < -0.39 is 0 Å². The van der Waals surface area contributed by atoms with Crippen LogP contribution in [-0.4, -0.2) is 16.7 Å². The Morgan fingerprint density at radius 2 is 2.22 bits per heavy atom. The number of thiazole rings is 1. The summed E-state index contributed by atoms with van der Waals surface area (Å²) < 4.78 is 8.16. The molecule has 0 aliphatic heterocycles. The molecule has 0 amide bonds. The zero-order valence-electron chi connectivity index (χ0n) is 12.6. The lowest BCUT2D eigenvalue weighted by Crippen LogP contribution is -2.24. The second-order valence-corrected chi connectivity index (χ2v) is 7.99. The summed E-state index contributed by atoms with van der Waals surface area (Å²) in [6.07, 6.45) is 5.79. The monoisotopic (exact) mass is 386 g/mol. The highest BCUT2D eigenvalue weighted by Crippen LogP contribution is 2.28. The van der Waals surface area contributed by atoms with E-state index in [9.17, 15) is 0 Å². The Labute approximate surface area is 154 Å². The standard InChI is InChI=1S/C16H16Cl2N2OS2/c1-21-13-6-5-11(17)7-12(13)15(22)19-16-20(9-14(18)23-16)8-10-3-2-4-10/h5-7,9-10H,2-4,8H2,1H3. The first-order valence-corrected chi connectivity index (χ1v) is 9.33. The third kappa shape index (κ3) is 3.97. The predicted octanol–water partition coefficient (Wildman–Crippen LogP) is 4.94. The molecule has 0 saturated heterocycles. The number of halogens is 2. The molecule has 0 bridgehead atoms. The number of ether oxygens (including phenoxy) is 1. The second kappa shape index (κ2) is 7.34. The Hall–Kier alpha value is -0.880. The van der Waals surface area contributed by atoms with Crippen LogP contribution in [0.1, 0.15) is 24.8 Å². The Bertz CT molecular complexity index is 794. The topological polar surface area (TPSA) is 26.5 Å². The second-order valence-electron chi connectivity index (χ2n) is 5.53. The maximum atomic E-state index is 6.17. The fraction of sp³-hybridized carbons (Fsp3) is 0.375. The van der Waals surface area contributed by atoms with Crippen LogP contribution in [0.3, 0.4) is 0 Å². The summed E-state index contributed by atoms with van der Waals surface area (Å²) >= 11 is 19.2. The van der Waals surface area contributed by atoms with Crippen LogP contribution in [0.2, 0.25) is 9.36 Å². The number of rotatable bonds is 4. The molecular formula is C16H16Cl2N2OS2. The van der Waals surface area contributed by atoms with Gasteiger partial charge >= 0.3 is 0 Å². The van der Waals surface area contributed by atoms with Crippen molar-refractivity contribution in [2.45, 2.75) is 25.8 Å². The molecule has 3 rings (SSSR count). The number of nitrogens with zero attached hydrogens (tertiary/aromatic N) is 2. The first-order chi connectivity index (χ1) is 11.1. The molecule has 2 aromatic rings. The molecule has 1 aromatic heterocycles. The van der Waals surface area contributed by atoms with Gasteiger partial charge in [0.25, 0.3) is 0 Å². The van der Waals surface area contributed by atoms with Gasteiger partial charge in [0.05, 0.1) is 12.7 Å². The van der Waals surface area contributed by atoms with E-state index in [-0.39, 0.29) is 0 Å². The van der Waals surface area contributed by atoms with Gasteiger partial charge in [-0.15, -0.1) is 0 Å². The largest absolute Gasteiger partial charge is 0.496 e. The molecular weight excluding hydrogens is 371 g/mol. The first kappa shape index (κ1) is 17.0. The molecule has 122 valence electrons. The van der Waals surface area contributed by atoms with E-state index in [1.165, 1.54) is 30.6 Å². The summed E-state index contributed by atoms with van der Waals surface area (Å²) in [5.74, 6) is 1.38. The molecule has 1 aromatic carbocycles. The lowest BCUT2D eigenvalue weighted by Gasteiger charge is -2.25. The van der Waals surface area contributed by atoms with Crippen molar-refractivity contribution in [2.75, 3.05) is 7.11 Å². The molecule has 1 aliphatic rings. The average molecular weight is 387 g/mol. The van der Waals surface area contributed by atoms with Crippen molar-refractivity contribution in [1.82, 2.24) is 4.57 Å².